The first kappa shape index (κ1) is 19.0. The zero-order valence-corrected chi connectivity index (χ0v) is 13.0. The normalized spacial score (nSPS) is 10.8. The van der Waals surface area contributed by atoms with Crippen LogP contribution in [-0.4, -0.2) is 24.8 Å². The van der Waals surface area contributed by atoms with Crippen molar-refractivity contribution in [3.8, 4) is 11.5 Å². The molecule has 2 amide bonds. The number of hydrogen-bond donors (Lipinski definition) is 2. The number of carbonyl (C=O) groups excluding carboxylic acids is 2. The molecule has 0 radical (unpaired) electrons. The number of nitrogens with one attached hydrogen (secondary N) is 2. The standard InChI is InChI=1S/C16H12F4N2O4/c17-12-3-1-2-4-13(12)25-9-14(23)21-22-15(24)10-5-7-11(8-6-10)26-16(18,19)20/h1-8H,9H2,(H,21,23)(H,22,24). The van der Waals surface area contributed by atoms with Gasteiger partial charge in [-0.25, -0.2) is 4.39 Å². The molecule has 2 aromatic rings. The summed E-state index contributed by atoms with van der Waals surface area (Å²) in [5.41, 5.74) is 4.05. The van der Waals surface area contributed by atoms with Crippen LogP contribution in [-0.2, 0) is 4.79 Å². The van der Waals surface area contributed by atoms with Gasteiger partial charge in [-0.15, -0.1) is 13.2 Å². The predicted molar refractivity (Wildman–Crippen MR) is 80.6 cm³/mol. The van der Waals surface area contributed by atoms with Gasteiger partial charge in [-0.3, -0.25) is 20.4 Å². The number of alkyl halides is 3. The Labute approximate surface area is 144 Å². The third kappa shape index (κ3) is 5.96. The molecule has 26 heavy (non-hydrogen) atoms. The number of hydrazine groups is 1. The monoisotopic (exact) mass is 372 g/mol. The van der Waals surface area contributed by atoms with Crippen molar-refractivity contribution in [2.24, 2.45) is 0 Å². The molecule has 0 spiro atoms. The highest BCUT2D eigenvalue weighted by molar-refractivity contribution is 5.95. The molecule has 0 aliphatic rings. The van der Waals surface area contributed by atoms with Gasteiger partial charge in [0.05, 0.1) is 0 Å². The van der Waals surface area contributed by atoms with Crippen LogP contribution in [0.4, 0.5) is 17.6 Å². The summed E-state index contributed by atoms with van der Waals surface area (Å²) in [5.74, 6) is -2.81. The van der Waals surface area contributed by atoms with Crippen molar-refractivity contribution in [2.75, 3.05) is 6.61 Å². The summed E-state index contributed by atoms with van der Waals surface area (Å²) >= 11 is 0. The molecule has 10 heteroatoms. The molecule has 0 aromatic heterocycles. The van der Waals surface area contributed by atoms with Gasteiger partial charge in [0, 0.05) is 5.56 Å². The zero-order chi connectivity index (χ0) is 19.2. The van der Waals surface area contributed by atoms with Crippen molar-refractivity contribution in [1.29, 1.82) is 0 Å². The third-order valence-electron chi connectivity index (χ3n) is 2.86. The van der Waals surface area contributed by atoms with E-state index in [1.165, 1.54) is 18.2 Å². The fraction of sp³-hybridized carbons (Fsp3) is 0.125. The fourth-order valence-corrected chi connectivity index (χ4v) is 1.75. The van der Waals surface area contributed by atoms with E-state index in [4.69, 9.17) is 4.74 Å². The number of hydrogen-bond acceptors (Lipinski definition) is 4. The van der Waals surface area contributed by atoms with E-state index < -0.39 is 36.4 Å². The summed E-state index contributed by atoms with van der Waals surface area (Å²) in [6.45, 7) is -0.556. The molecule has 0 atom stereocenters. The first-order valence-electron chi connectivity index (χ1n) is 7.07. The van der Waals surface area contributed by atoms with E-state index in [9.17, 15) is 27.2 Å². The fourth-order valence-electron chi connectivity index (χ4n) is 1.75. The van der Waals surface area contributed by atoms with Gasteiger partial charge in [-0.2, -0.15) is 0 Å². The van der Waals surface area contributed by atoms with Crippen molar-refractivity contribution in [2.45, 2.75) is 6.36 Å². The van der Waals surface area contributed by atoms with E-state index in [-0.39, 0.29) is 11.3 Å². The summed E-state index contributed by atoms with van der Waals surface area (Å²) < 4.78 is 58.0. The van der Waals surface area contributed by atoms with E-state index in [1.54, 1.807) is 0 Å². The highest BCUT2D eigenvalue weighted by Crippen LogP contribution is 2.22. The van der Waals surface area contributed by atoms with Crippen molar-refractivity contribution < 1.29 is 36.6 Å². The number of amides is 2. The molecule has 0 aliphatic carbocycles. The van der Waals surface area contributed by atoms with Crippen LogP contribution in [0.1, 0.15) is 10.4 Å². The highest BCUT2D eigenvalue weighted by atomic mass is 19.4. The predicted octanol–water partition coefficient (Wildman–Crippen LogP) is 2.56. The van der Waals surface area contributed by atoms with Gasteiger partial charge in [-0.05, 0) is 36.4 Å². The maximum absolute atomic E-state index is 13.3. The molecule has 0 saturated heterocycles. The molecule has 0 bridgehead atoms. The molecule has 6 nitrogen and oxygen atoms in total. The van der Waals surface area contributed by atoms with Crippen molar-refractivity contribution >= 4 is 11.8 Å². The lowest BCUT2D eigenvalue weighted by atomic mass is 10.2. The summed E-state index contributed by atoms with van der Waals surface area (Å²) in [4.78, 5) is 23.3. The number of halogens is 4. The molecular weight excluding hydrogens is 360 g/mol. The third-order valence-corrected chi connectivity index (χ3v) is 2.86. The van der Waals surface area contributed by atoms with Crippen LogP contribution in [0.25, 0.3) is 0 Å². The van der Waals surface area contributed by atoms with Crippen LogP contribution in [0, 0.1) is 5.82 Å². The second kappa shape index (κ2) is 8.19. The Bertz CT molecular complexity index is 779. The van der Waals surface area contributed by atoms with Crippen molar-refractivity contribution in [3.63, 3.8) is 0 Å². The maximum Gasteiger partial charge on any atom is 0.573 e. The number of rotatable bonds is 5. The van der Waals surface area contributed by atoms with Gasteiger partial charge in [0.15, 0.2) is 18.2 Å². The quantitative estimate of drug-likeness (QED) is 0.625. The summed E-state index contributed by atoms with van der Waals surface area (Å²) in [7, 11) is 0. The van der Waals surface area contributed by atoms with Gasteiger partial charge in [0.25, 0.3) is 11.8 Å². The minimum atomic E-state index is -4.84. The average Bonchev–Trinajstić information content (AvgIpc) is 2.58. The zero-order valence-electron chi connectivity index (χ0n) is 13.0. The molecule has 2 rings (SSSR count). The van der Waals surface area contributed by atoms with Crippen LogP contribution in [0.2, 0.25) is 0 Å². The Kier molecular flexibility index (Phi) is 5.99. The smallest absolute Gasteiger partial charge is 0.481 e. The largest absolute Gasteiger partial charge is 0.573 e. The van der Waals surface area contributed by atoms with Gasteiger partial charge in [-0.1, -0.05) is 12.1 Å². The molecular formula is C16H12F4N2O4. The number of ether oxygens (including phenoxy) is 2. The van der Waals surface area contributed by atoms with Crippen LogP contribution in [0.3, 0.4) is 0 Å². The second-order valence-electron chi connectivity index (χ2n) is 4.79. The maximum atomic E-state index is 13.3. The van der Waals surface area contributed by atoms with Crippen molar-refractivity contribution in [1.82, 2.24) is 10.9 Å². The van der Waals surface area contributed by atoms with Crippen LogP contribution in [0.5, 0.6) is 11.5 Å². The molecule has 2 N–H and O–H groups in total. The van der Waals surface area contributed by atoms with E-state index >= 15 is 0 Å². The minimum absolute atomic E-state index is 0.0187. The minimum Gasteiger partial charge on any atom is -0.481 e. The highest BCUT2D eigenvalue weighted by Gasteiger charge is 2.31. The topological polar surface area (TPSA) is 76.7 Å². The summed E-state index contributed by atoms with van der Waals surface area (Å²) in [6.07, 6.45) is -4.84. The lowest BCUT2D eigenvalue weighted by Crippen LogP contribution is -2.43. The van der Waals surface area contributed by atoms with Gasteiger partial charge >= 0.3 is 6.36 Å². The Morgan fingerprint density at radius 1 is 0.962 bits per heavy atom. The molecule has 0 fully saturated rings. The summed E-state index contributed by atoms with van der Waals surface area (Å²) in [6, 6.07) is 9.51. The number of benzene rings is 2. The Hall–Kier alpha value is -3.30. The van der Waals surface area contributed by atoms with Gasteiger partial charge < -0.3 is 9.47 Å². The molecule has 2 aromatic carbocycles. The molecule has 0 saturated carbocycles. The lowest BCUT2D eigenvalue weighted by Gasteiger charge is -2.10. The van der Waals surface area contributed by atoms with Crippen molar-refractivity contribution in [3.05, 3.63) is 59.9 Å². The van der Waals surface area contributed by atoms with Crippen LogP contribution >= 0.6 is 0 Å². The Balaban J connectivity index is 1.80. The molecule has 138 valence electrons. The molecule has 0 heterocycles. The van der Waals surface area contributed by atoms with E-state index in [2.05, 4.69) is 4.74 Å². The molecule has 0 aliphatic heterocycles. The second-order valence-corrected chi connectivity index (χ2v) is 4.79. The Morgan fingerprint density at radius 3 is 2.23 bits per heavy atom. The van der Waals surface area contributed by atoms with E-state index in [1.807, 2.05) is 10.9 Å². The number of para-hydroxylation sites is 1. The van der Waals surface area contributed by atoms with E-state index in [0.29, 0.717) is 0 Å². The average molecular weight is 372 g/mol. The van der Waals surface area contributed by atoms with Crippen LogP contribution in [0.15, 0.2) is 48.5 Å². The van der Waals surface area contributed by atoms with Crippen LogP contribution < -0.4 is 20.3 Å². The van der Waals surface area contributed by atoms with Gasteiger partial charge in [0.2, 0.25) is 0 Å². The Morgan fingerprint density at radius 2 is 1.62 bits per heavy atom. The SMILES string of the molecule is O=C(COc1ccccc1F)NNC(=O)c1ccc(OC(F)(F)F)cc1. The van der Waals surface area contributed by atoms with Gasteiger partial charge in [0.1, 0.15) is 5.75 Å². The summed E-state index contributed by atoms with van der Waals surface area (Å²) in [5, 5.41) is 0. The lowest BCUT2D eigenvalue weighted by molar-refractivity contribution is -0.274. The molecule has 0 unspecified atom stereocenters. The van der Waals surface area contributed by atoms with E-state index in [0.717, 1.165) is 30.3 Å². The first-order valence-corrected chi connectivity index (χ1v) is 7.07. The number of carbonyl (C=O) groups is 2. The first-order chi connectivity index (χ1) is 12.2.